The van der Waals surface area contributed by atoms with E-state index in [9.17, 15) is 29.4 Å². The number of nitrogens with zero attached hydrogens (tertiary/aromatic N) is 3. The van der Waals surface area contributed by atoms with E-state index in [1.165, 1.54) is 12.1 Å². The molecule has 0 saturated heterocycles. The maximum atomic E-state index is 13.2. The number of hydrogen-bond acceptors (Lipinski definition) is 9. The zero-order chi connectivity index (χ0) is 25.8. The Hall–Kier alpha value is -4.19. The highest BCUT2D eigenvalue weighted by atomic mass is 19.1. The second kappa shape index (κ2) is 10.6. The number of aryl methyl sites for hydroxylation is 1. The molecule has 1 heterocycles. The summed E-state index contributed by atoms with van der Waals surface area (Å²) in [6.07, 6.45) is 1.61. The molecule has 1 fully saturated rings. The molecule has 0 radical (unpaired) electrons. The molecule has 0 aliphatic heterocycles. The van der Waals surface area contributed by atoms with Gasteiger partial charge in [-0.3, -0.25) is 20.2 Å². The van der Waals surface area contributed by atoms with Crippen LogP contribution in [0.1, 0.15) is 47.5 Å². The molecule has 2 unspecified atom stereocenters. The van der Waals surface area contributed by atoms with E-state index in [-0.39, 0.29) is 24.1 Å². The number of halogens is 1. The third-order valence-corrected chi connectivity index (χ3v) is 5.90. The number of esters is 1. The molecule has 11 nitrogen and oxygen atoms in total. The molecule has 188 valence electrons. The standard InChI is InChI=1S/C24H22FN3O8/c1-14-21(26-23(35-14)15-5-7-16(25)8-6-15)13-34-18-3-2-4-19(12-18)36-24(29)20-10-9-17(27(30)31)11-22(20)28(32)33/h5-11,18-19H,2-4,12-13H2,1H3. The van der Waals surface area contributed by atoms with Crippen LogP contribution in [0.5, 0.6) is 0 Å². The summed E-state index contributed by atoms with van der Waals surface area (Å²) in [4.78, 5) is 37.7. The van der Waals surface area contributed by atoms with Crippen LogP contribution in [-0.4, -0.2) is 33.0 Å². The molecule has 12 heteroatoms. The molecule has 1 aromatic heterocycles. The number of aromatic nitrogens is 1. The van der Waals surface area contributed by atoms with Gasteiger partial charge in [0.05, 0.1) is 28.6 Å². The number of carbonyl (C=O) groups is 1. The van der Waals surface area contributed by atoms with Crippen LogP contribution in [0.3, 0.4) is 0 Å². The lowest BCUT2D eigenvalue weighted by Gasteiger charge is -2.28. The number of carbonyl (C=O) groups excluding carboxylic acids is 1. The second-order valence-electron chi connectivity index (χ2n) is 8.37. The van der Waals surface area contributed by atoms with Crippen molar-refractivity contribution in [1.82, 2.24) is 4.98 Å². The summed E-state index contributed by atoms with van der Waals surface area (Å²) in [5.41, 5.74) is -0.294. The second-order valence-corrected chi connectivity index (χ2v) is 8.37. The Balaban J connectivity index is 1.37. The van der Waals surface area contributed by atoms with Gasteiger partial charge in [-0.05, 0) is 56.5 Å². The van der Waals surface area contributed by atoms with Gasteiger partial charge in [0.1, 0.15) is 28.9 Å². The van der Waals surface area contributed by atoms with Gasteiger partial charge in [0.2, 0.25) is 5.89 Å². The maximum absolute atomic E-state index is 13.2. The van der Waals surface area contributed by atoms with E-state index in [0.717, 1.165) is 24.6 Å². The van der Waals surface area contributed by atoms with E-state index < -0.39 is 33.3 Å². The SMILES string of the molecule is Cc1oc(-c2ccc(F)cc2)nc1COC1CCCC(OC(=O)c2ccc([N+](=O)[O-])cc2[N+](=O)[O-])C1. The number of oxazole rings is 1. The summed E-state index contributed by atoms with van der Waals surface area (Å²) in [7, 11) is 0. The Morgan fingerprint density at radius 2 is 1.83 bits per heavy atom. The summed E-state index contributed by atoms with van der Waals surface area (Å²) in [6.45, 7) is 1.91. The third kappa shape index (κ3) is 5.71. The van der Waals surface area contributed by atoms with Gasteiger partial charge in [0, 0.05) is 18.1 Å². The van der Waals surface area contributed by atoms with Crippen LogP contribution in [-0.2, 0) is 16.1 Å². The first-order valence-corrected chi connectivity index (χ1v) is 11.2. The highest BCUT2D eigenvalue weighted by Gasteiger charge is 2.30. The van der Waals surface area contributed by atoms with Gasteiger partial charge in [0.25, 0.3) is 11.4 Å². The van der Waals surface area contributed by atoms with Crippen molar-refractivity contribution in [2.75, 3.05) is 0 Å². The minimum Gasteiger partial charge on any atom is -0.458 e. The van der Waals surface area contributed by atoms with Crippen molar-refractivity contribution in [3.8, 4) is 11.5 Å². The van der Waals surface area contributed by atoms with Crippen LogP contribution in [0.4, 0.5) is 15.8 Å². The molecule has 36 heavy (non-hydrogen) atoms. The van der Waals surface area contributed by atoms with Crippen molar-refractivity contribution < 1.29 is 32.9 Å². The van der Waals surface area contributed by atoms with E-state index in [2.05, 4.69) is 4.98 Å². The minimum absolute atomic E-state index is 0.162. The molecule has 1 saturated carbocycles. The van der Waals surface area contributed by atoms with E-state index in [1.54, 1.807) is 19.1 Å². The number of ether oxygens (including phenoxy) is 2. The predicted octanol–water partition coefficient (Wildman–Crippen LogP) is 5.29. The Labute approximate surface area is 204 Å². The van der Waals surface area contributed by atoms with Crippen molar-refractivity contribution >= 4 is 17.3 Å². The number of benzene rings is 2. The van der Waals surface area contributed by atoms with E-state index in [1.807, 2.05) is 0 Å². The minimum atomic E-state index is -0.918. The zero-order valence-electron chi connectivity index (χ0n) is 19.2. The molecule has 0 bridgehead atoms. The Morgan fingerprint density at radius 1 is 1.11 bits per heavy atom. The summed E-state index contributed by atoms with van der Waals surface area (Å²) < 4.78 is 30.3. The van der Waals surface area contributed by atoms with Crippen molar-refractivity contribution in [1.29, 1.82) is 0 Å². The van der Waals surface area contributed by atoms with Gasteiger partial charge in [0.15, 0.2) is 0 Å². The number of nitro benzene ring substituents is 2. The molecule has 2 atom stereocenters. The molecule has 0 N–H and O–H groups in total. The van der Waals surface area contributed by atoms with Crippen LogP contribution < -0.4 is 0 Å². The third-order valence-electron chi connectivity index (χ3n) is 5.90. The highest BCUT2D eigenvalue weighted by molar-refractivity contribution is 5.94. The lowest BCUT2D eigenvalue weighted by molar-refractivity contribution is -0.394. The first-order valence-electron chi connectivity index (χ1n) is 11.2. The molecule has 1 aliphatic carbocycles. The molecular weight excluding hydrogens is 477 g/mol. The van der Waals surface area contributed by atoms with Crippen molar-refractivity contribution in [3.05, 3.63) is 85.5 Å². The normalized spacial score (nSPS) is 17.5. The van der Waals surface area contributed by atoms with Gasteiger partial charge in [-0.25, -0.2) is 14.2 Å². The van der Waals surface area contributed by atoms with Gasteiger partial charge >= 0.3 is 5.97 Å². The van der Waals surface area contributed by atoms with Crippen LogP contribution in [0.2, 0.25) is 0 Å². The summed E-state index contributed by atoms with van der Waals surface area (Å²) in [5.74, 6) is -0.357. The number of nitro groups is 2. The lowest BCUT2D eigenvalue weighted by Crippen LogP contribution is -2.30. The lowest BCUT2D eigenvalue weighted by atomic mass is 9.94. The van der Waals surface area contributed by atoms with Crippen molar-refractivity contribution in [3.63, 3.8) is 0 Å². The van der Waals surface area contributed by atoms with Gasteiger partial charge < -0.3 is 13.9 Å². The molecule has 0 spiro atoms. The van der Waals surface area contributed by atoms with Gasteiger partial charge in [-0.1, -0.05) is 0 Å². The van der Waals surface area contributed by atoms with Crippen LogP contribution in [0.25, 0.3) is 11.5 Å². The average molecular weight is 499 g/mol. The van der Waals surface area contributed by atoms with Crippen molar-refractivity contribution in [2.24, 2.45) is 0 Å². The predicted molar refractivity (Wildman–Crippen MR) is 123 cm³/mol. The number of rotatable bonds is 8. The molecule has 2 aromatic carbocycles. The maximum Gasteiger partial charge on any atom is 0.345 e. The van der Waals surface area contributed by atoms with E-state index in [0.29, 0.717) is 42.2 Å². The molecule has 4 rings (SSSR count). The largest absolute Gasteiger partial charge is 0.458 e. The molecule has 1 aliphatic rings. The fourth-order valence-electron chi connectivity index (χ4n) is 4.01. The first kappa shape index (κ1) is 24.9. The Morgan fingerprint density at radius 3 is 2.53 bits per heavy atom. The zero-order valence-corrected chi connectivity index (χ0v) is 19.2. The van der Waals surface area contributed by atoms with Crippen LogP contribution in [0, 0.1) is 33.0 Å². The molecule has 0 amide bonds. The summed E-state index contributed by atoms with van der Waals surface area (Å²) in [6, 6.07) is 8.57. The van der Waals surface area contributed by atoms with E-state index in [4.69, 9.17) is 13.9 Å². The number of non-ortho nitro benzene ring substituents is 1. The fourth-order valence-corrected chi connectivity index (χ4v) is 4.01. The summed E-state index contributed by atoms with van der Waals surface area (Å²) >= 11 is 0. The van der Waals surface area contributed by atoms with Crippen molar-refractivity contribution in [2.45, 2.75) is 51.4 Å². The number of hydrogen-bond donors (Lipinski definition) is 0. The van der Waals surface area contributed by atoms with Crippen LogP contribution in [0.15, 0.2) is 46.9 Å². The highest BCUT2D eigenvalue weighted by Crippen LogP contribution is 2.29. The molecular formula is C24H22FN3O8. The Bertz CT molecular complexity index is 1290. The quantitative estimate of drug-likeness (QED) is 0.229. The van der Waals surface area contributed by atoms with Crippen LogP contribution >= 0.6 is 0 Å². The van der Waals surface area contributed by atoms with E-state index >= 15 is 0 Å². The first-order chi connectivity index (χ1) is 17.2. The topological polar surface area (TPSA) is 148 Å². The average Bonchev–Trinajstić information content (AvgIpc) is 3.23. The Kier molecular flexibility index (Phi) is 7.34. The summed E-state index contributed by atoms with van der Waals surface area (Å²) in [5, 5.41) is 22.2. The smallest absolute Gasteiger partial charge is 0.345 e. The molecule has 3 aromatic rings. The van der Waals surface area contributed by atoms with Gasteiger partial charge in [-0.15, -0.1) is 0 Å². The van der Waals surface area contributed by atoms with Gasteiger partial charge in [-0.2, -0.15) is 0 Å². The fraction of sp³-hybridized carbons (Fsp3) is 0.333. The monoisotopic (exact) mass is 499 g/mol.